The Kier molecular flexibility index (Phi) is 4.40. The Balaban J connectivity index is 1.54. The van der Waals surface area contributed by atoms with Gasteiger partial charge < -0.3 is 5.32 Å². The molecule has 2 amide bonds. The van der Waals surface area contributed by atoms with Gasteiger partial charge >= 0.3 is 6.03 Å². The Bertz CT molecular complexity index is 809. The number of aromatic nitrogens is 8. The average molecular weight is 328 g/mol. The first-order valence-electron chi connectivity index (χ1n) is 7.26. The maximum atomic E-state index is 11.9. The van der Waals surface area contributed by atoms with E-state index in [1.54, 1.807) is 29.5 Å². The lowest BCUT2D eigenvalue weighted by atomic mass is 10.4. The van der Waals surface area contributed by atoms with Crippen molar-refractivity contribution >= 4 is 11.8 Å². The van der Waals surface area contributed by atoms with Crippen LogP contribution < -0.4 is 10.6 Å². The fourth-order valence-corrected chi connectivity index (χ4v) is 1.81. The van der Waals surface area contributed by atoms with Crippen LogP contribution in [0.4, 0.5) is 10.6 Å². The standard InChI is InChI=1S/C13H16N10O/c1-8(2)23-7-11(20-22-23)18-13(24)16-6-10-17-12(21-19-10)9-5-14-3-4-15-9/h3-5,7-8H,6H2,1-2H3,(H2,16,18,24)(H,17,19,21). The highest BCUT2D eigenvalue weighted by Gasteiger charge is 2.10. The molecule has 3 rings (SSSR count). The number of carbonyl (C=O) groups excluding carboxylic acids is 1. The number of hydrogen-bond acceptors (Lipinski definition) is 7. The molecule has 0 saturated heterocycles. The van der Waals surface area contributed by atoms with Gasteiger partial charge in [0.2, 0.25) is 5.82 Å². The first kappa shape index (κ1) is 15.5. The first-order chi connectivity index (χ1) is 11.6. The van der Waals surface area contributed by atoms with Crippen LogP contribution >= 0.6 is 0 Å². The second kappa shape index (κ2) is 6.81. The summed E-state index contributed by atoms with van der Waals surface area (Å²) in [7, 11) is 0. The molecule has 24 heavy (non-hydrogen) atoms. The number of urea groups is 1. The summed E-state index contributed by atoms with van der Waals surface area (Å²) in [6.45, 7) is 4.12. The van der Waals surface area contributed by atoms with Gasteiger partial charge in [0.05, 0.1) is 18.9 Å². The van der Waals surface area contributed by atoms with Gasteiger partial charge in [0, 0.05) is 18.4 Å². The molecular formula is C13H16N10O. The van der Waals surface area contributed by atoms with E-state index in [9.17, 15) is 4.79 Å². The minimum Gasteiger partial charge on any atom is -0.331 e. The number of amides is 2. The van der Waals surface area contributed by atoms with Gasteiger partial charge in [-0.25, -0.2) is 19.4 Å². The normalized spacial score (nSPS) is 10.8. The van der Waals surface area contributed by atoms with Crippen LogP contribution in [0, 0.1) is 0 Å². The summed E-state index contributed by atoms with van der Waals surface area (Å²) in [5.74, 6) is 1.29. The molecule has 0 aliphatic carbocycles. The summed E-state index contributed by atoms with van der Waals surface area (Å²) in [5, 5.41) is 19.8. The number of nitrogens with zero attached hydrogens (tertiary/aromatic N) is 7. The first-order valence-corrected chi connectivity index (χ1v) is 7.26. The van der Waals surface area contributed by atoms with Crippen LogP contribution in [0.5, 0.6) is 0 Å². The van der Waals surface area contributed by atoms with Crippen LogP contribution in [0.1, 0.15) is 25.7 Å². The third kappa shape index (κ3) is 3.69. The Morgan fingerprint density at radius 2 is 2.25 bits per heavy atom. The van der Waals surface area contributed by atoms with Gasteiger partial charge in [-0.2, -0.15) is 5.10 Å². The van der Waals surface area contributed by atoms with E-state index in [-0.39, 0.29) is 12.6 Å². The van der Waals surface area contributed by atoms with E-state index in [0.29, 0.717) is 23.2 Å². The molecule has 0 saturated carbocycles. The van der Waals surface area contributed by atoms with Gasteiger partial charge in [0.1, 0.15) is 11.5 Å². The highest BCUT2D eigenvalue weighted by atomic mass is 16.2. The molecule has 3 N–H and O–H groups in total. The Labute approximate surface area is 136 Å². The predicted octanol–water partition coefficient (Wildman–Crippen LogP) is 0.756. The zero-order valence-corrected chi connectivity index (χ0v) is 13.1. The third-order valence-electron chi connectivity index (χ3n) is 3.02. The number of nitrogens with one attached hydrogen (secondary N) is 3. The molecule has 0 radical (unpaired) electrons. The molecule has 0 spiro atoms. The fraction of sp³-hybridized carbons (Fsp3) is 0.308. The molecule has 3 aromatic rings. The number of carbonyl (C=O) groups is 1. The number of hydrogen-bond donors (Lipinski definition) is 3. The zero-order valence-electron chi connectivity index (χ0n) is 13.1. The van der Waals surface area contributed by atoms with Gasteiger partial charge in [0.15, 0.2) is 5.82 Å². The summed E-state index contributed by atoms with van der Waals surface area (Å²) in [6, 6.07) is -0.243. The second-order valence-electron chi connectivity index (χ2n) is 5.18. The van der Waals surface area contributed by atoms with E-state index >= 15 is 0 Å². The van der Waals surface area contributed by atoms with Gasteiger partial charge in [-0.1, -0.05) is 5.21 Å². The number of anilines is 1. The summed E-state index contributed by atoms with van der Waals surface area (Å²) < 4.78 is 1.65. The summed E-state index contributed by atoms with van der Waals surface area (Å²) in [6.07, 6.45) is 6.34. The van der Waals surface area contributed by atoms with Crippen molar-refractivity contribution in [2.75, 3.05) is 5.32 Å². The predicted molar refractivity (Wildman–Crippen MR) is 83.7 cm³/mol. The largest absolute Gasteiger partial charge is 0.331 e. The number of aromatic amines is 1. The lowest BCUT2D eigenvalue weighted by molar-refractivity contribution is 0.251. The van der Waals surface area contributed by atoms with Crippen molar-refractivity contribution in [1.82, 2.24) is 45.5 Å². The van der Waals surface area contributed by atoms with Crippen molar-refractivity contribution < 1.29 is 4.79 Å². The van der Waals surface area contributed by atoms with Crippen LogP contribution in [0.25, 0.3) is 11.5 Å². The van der Waals surface area contributed by atoms with E-state index in [0.717, 1.165) is 0 Å². The van der Waals surface area contributed by atoms with Gasteiger partial charge in [-0.05, 0) is 13.8 Å². The summed E-state index contributed by atoms with van der Waals surface area (Å²) in [5.41, 5.74) is 0.551. The molecule has 3 heterocycles. The highest BCUT2D eigenvalue weighted by Crippen LogP contribution is 2.09. The maximum Gasteiger partial charge on any atom is 0.320 e. The zero-order chi connectivity index (χ0) is 16.9. The summed E-state index contributed by atoms with van der Waals surface area (Å²) >= 11 is 0. The molecule has 3 aromatic heterocycles. The molecule has 0 aromatic carbocycles. The minimum absolute atomic E-state index is 0.171. The van der Waals surface area contributed by atoms with Gasteiger partial charge in [0.25, 0.3) is 0 Å². The Hall–Kier alpha value is -3.37. The fourth-order valence-electron chi connectivity index (χ4n) is 1.81. The topological polar surface area (TPSA) is 139 Å². The minimum atomic E-state index is -0.414. The molecule has 124 valence electrons. The number of H-pyrrole nitrogens is 1. The van der Waals surface area contributed by atoms with Gasteiger partial charge in [-0.3, -0.25) is 15.4 Å². The Morgan fingerprint density at radius 1 is 1.38 bits per heavy atom. The van der Waals surface area contributed by atoms with Crippen molar-refractivity contribution in [2.45, 2.75) is 26.4 Å². The van der Waals surface area contributed by atoms with E-state index in [1.165, 1.54) is 0 Å². The Morgan fingerprint density at radius 3 is 2.96 bits per heavy atom. The molecule has 0 bridgehead atoms. The van der Waals surface area contributed by atoms with Crippen molar-refractivity contribution in [3.8, 4) is 11.5 Å². The van der Waals surface area contributed by atoms with E-state index in [2.05, 4.69) is 46.1 Å². The molecule has 0 aliphatic heterocycles. The molecule has 0 atom stereocenters. The molecular weight excluding hydrogens is 312 g/mol. The quantitative estimate of drug-likeness (QED) is 0.628. The van der Waals surface area contributed by atoms with E-state index < -0.39 is 6.03 Å². The van der Waals surface area contributed by atoms with E-state index in [4.69, 9.17) is 0 Å². The molecule has 0 unspecified atom stereocenters. The lowest BCUT2D eigenvalue weighted by Gasteiger charge is -2.03. The van der Waals surface area contributed by atoms with Crippen LogP contribution in [-0.4, -0.2) is 46.2 Å². The molecule has 0 fully saturated rings. The van der Waals surface area contributed by atoms with Crippen molar-refractivity contribution in [1.29, 1.82) is 0 Å². The molecule has 11 heteroatoms. The maximum absolute atomic E-state index is 11.9. The average Bonchev–Trinajstić information content (AvgIpc) is 3.23. The smallest absolute Gasteiger partial charge is 0.320 e. The van der Waals surface area contributed by atoms with Crippen molar-refractivity contribution in [3.05, 3.63) is 30.6 Å². The molecule has 11 nitrogen and oxygen atoms in total. The second-order valence-corrected chi connectivity index (χ2v) is 5.18. The van der Waals surface area contributed by atoms with Crippen LogP contribution in [0.3, 0.4) is 0 Å². The van der Waals surface area contributed by atoms with E-state index in [1.807, 2.05) is 13.8 Å². The van der Waals surface area contributed by atoms with Crippen LogP contribution in [0.15, 0.2) is 24.8 Å². The SMILES string of the molecule is CC(C)n1cc(NC(=O)NCc2nc(-c3cnccn3)n[nH]2)nn1. The highest BCUT2D eigenvalue weighted by molar-refractivity contribution is 5.87. The van der Waals surface area contributed by atoms with Crippen molar-refractivity contribution in [2.24, 2.45) is 0 Å². The van der Waals surface area contributed by atoms with Crippen LogP contribution in [0.2, 0.25) is 0 Å². The van der Waals surface area contributed by atoms with Crippen molar-refractivity contribution in [3.63, 3.8) is 0 Å². The third-order valence-corrected chi connectivity index (χ3v) is 3.02. The monoisotopic (exact) mass is 328 g/mol. The van der Waals surface area contributed by atoms with Gasteiger partial charge in [-0.15, -0.1) is 5.10 Å². The number of rotatable bonds is 5. The molecule has 0 aliphatic rings. The summed E-state index contributed by atoms with van der Waals surface area (Å²) in [4.78, 5) is 24.2. The lowest BCUT2D eigenvalue weighted by Crippen LogP contribution is -2.28. The van der Waals surface area contributed by atoms with Crippen LogP contribution in [-0.2, 0) is 6.54 Å².